The van der Waals surface area contributed by atoms with Crippen molar-refractivity contribution in [2.45, 2.75) is 78.0 Å². The Balaban J connectivity index is 1.97. The maximum absolute atomic E-state index is 12.0. The third kappa shape index (κ3) is 6.80. The number of thiophene rings is 1. The van der Waals surface area contributed by atoms with Gasteiger partial charge in [-0.15, -0.1) is 11.3 Å². The number of alkyl carbamates (subject to hydrolysis) is 1. The lowest BCUT2D eigenvalue weighted by molar-refractivity contribution is 0.0519. The first-order valence-electron chi connectivity index (χ1n) is 9.15. The van der Waals surface area contributed by atoms with Gasteiger partial charge in [0, 0.05) is 23.5 Å². The molecule has 0 aliphatic heterocycles. The largest absolute Gasteiger partial charge is 0.444 e. The molecule has 0 saturated heterocycles. The van der Waals surface area contributed by atoms with Gasteiger partial charge < -0.3 is 15.4 Å². The van der Waals surface area contributed by atoms with Crippen LogP contribution in [-0.2, 0) is 11.2 Å². The summed E-state index contributed by atoms with van der Waals surface area (Å²) in [5.74, 6) is 0.548. The number of hydrogen-bond acceptors (Lipinski definition) is 4. The highest BCUT2D eigenvalue weighted by Crippen LogP contribution is 2.38. The van der Waals surface area contributed by atoms with Gasteiger partial charge in [0.05, 0.1) is 4.34 Å². The van der Waals surface area contributed by atoms with E-state index in [-0.39, 0.29) is 12.1 Å². The van der Waals surface area contributed by atoms with Crippen LogP contribution in [0.3, 0.4) is 0 Å². The van der Waals surface area contributed by atoms with Crippen molar-refractivity contribution in [3.8, 4) is 0 Å². The van der Waals surface area contributed by atoms with E-state index in [9.17, 15) is 4.79 Å². The van der Waals surface area contributed by atoms with Gasteiger partial charge in [-0.05, 0) is 64.0 Å². The van der Waals surface area contributed by atoms with Crippen LogP contribution in [0.1, 0.15) is 70.4 Å². The van der Waals surface area contributed by atoms with Crippen LogP contribution in [0.2, 0.25) is 4.34 Å². The first kappa shape index (κ1) is 20.5. The lowest BCUT2D eigenvalue weighted by Crippen LogP contribution is -2.45. The van der Waals surface area contributed by atoms with E-state index in [1.165, 1.54) is 16.9 Å². The molecule has 1 aliphatic carbocycles. The van der Waals surface area contributed by atoms with Crippen LogP contribution < -0.4 is 10.6 Å². The van der Waals surface area contributed by atoms with Gasteiger partial charge in [0.25, 0.3) is 0 Å². The smallest absolute Gasteiger partial charge is 0.407 e. The molecule has 1 aromatic heterocycles. The normalized spacial score (nSPS) is 18.8. The number of rotatable bonds is 6. The predicted octanol–water partition coefficient (Wildman–Crippen LogP) is 5.31. The van der Waals surface area contributed by atoms with Crippen molar-refractivity contribution in [2.24, 2.45) is 5.92 Å². The summed E-state index contributed by atoms with van der Waals surface area (Å²) in [7, 11) is 0. The van der Waals surface area contributed by atoms with Crippen LogP contribution in [0.5, 0.6) is 0 Å². The number of amides is 1. The third-order valence-electron chi connectivity index (χ3n) is 4.17. The molecule has 1 aromatic rings. The Kier molecular flexibility index (Phi) is 7.18. The van der Waals surface area contributed by atoms with Gasteiger partial charge in [-0.1, -0.05) is 25.4 Å². The summed E-state index contributed by atoms with van der Waals surface area (Å²) in [6.07, 6.45) is 4.05. The number of carbonyl (C=O) groups is 1. The van der Waals surface area contributed by atoms with E-state index in [2.05, 4.69) is 30.5 Å². The highest BCUT2D eigenvalue weighted by Gasteiger charge is 2.26. The molecule has 2 atom stereocenters. The third-order valence-corrected chi connectivity index (χ3v) is 5.51. The minimum Gasteiger partial charge on any atom is -0.444 e. The molecular weight excluding hydrogens is 356 g/mol. The number of carbonyl (C=O) groups excluding carboxylic acids is 1. The molecule has 0 bridgehead atoms. The number of fused-ring (bicyclic) bond motifs is 1. The van der Waals surface area contributed by atoms with Gasteiger partial charge in [-0.2, -0.15) is 0 Å². The monoisotopic (exact) mass is 386 g/mol. The highest BCUT2D eigenvalue weighted by atomic mass is 35.5. The van der Waals surface area contributed by atoms with Gasteiger partial charge in [0.2, 0.25) is 0 Å². The molecule has 0 fully saturated rings. The minimum absolute atomic E-state index is 0.210. The van der Waals surface area contributed by atoms with E-state index >= 15 is 0 Å². The Bertz CT molecular complexity index is 580. The van der Waals surface area contributed by atoms with Crippen molar-refractivity contribution in [1.29, 1.82) is 0 Å². The average Bonchev–Trinajstić information content (AvgIpc) is 2.84. The SMILES string of the molecule is CC(C)CC(CNC(=O)OC(C)(C)C)NC1CCCc2sc(Cl)cc21. The molecule has 0 radical (unpaired) electrons. The molecule has 6 heteroatoms. The van der Waals surface area contributed by atoms with Gasteiger partial charge in [-0.25, -0.2) is 4.79 Å². The fourth-order valence-corrected chi connectivity index (χ4v) is 4.66. The Labute approximate surface area is 160 Å². The fraction of sp³-hybridized carbons (Fsp3) is 0.737. The molecule has 0 aromatic carbocycles. The van der Waals surface area contributed by atoms with Crippen LogP contribution in [0.25, 0.3) is 0 Å². The standard InChI is InChI=1S/C19H31ClN2O2S/c1-12(2)9-13(11-21-18(23)24-19(3,4)5)22-15-7-6-8-16-14(15)10-17(20)25-16/h10,12-13,15,22H,6-9,11H2,1-5H3,(H,21,23). The van der Waals surface area contributed by atoms with Crippen molar-refractivity contribution < 1.29 is 9.53 Å². The summed E-state index contributed by atoms with van der Waals surface area (Å²) in [5.41, 5.74) is 0.865. The zero-order valence-electron chi connectivity index (χ0n) is 15.9. The summed E-state index contributed by atoms with van der Waals surface area (Å²) >= 11 is 7.91. The van der Waals surface area contributed by atoms with E-state index in [1.54, 1.807) is 11.3 Å². The zero-order chi connectivity index (χ0) is 18.6. The van der Waals surface area contributed by atoms with E-state index in [4.69, 9.17) is 16.3 Å². The molecule has 25 heavy (non-hydrogen) atoms. The second-order valence-corrected chi connectivity index (χ2v) is 10.0. The predicted molar refractivity (Wildman–Crippen MR) is 106 cm³/mol. The van der Waals surface area contributed by atoms with Crippen LogP contribution in [0.4, 0.5) is 4.79 Å². The lowest BCUT2D eigenvalue weighted by atomic mass is 9.92. The highest BCUT2D eigenvalue weighted by molar-refractivity contribution is 7.16. The van der Waals surface area contributed by atoms with E-state index in [0.717, 1.165) is 23.6 Å². The van der Waals surface area contributed by atoms with Gasteiger partial charge >= 0.3 is 6.09 Å². The minimum atomic E-state index is -0.475. The first-order valence-corrected chi connectivity index (χ1v) is 10.3. The summed E-state index contributed by atoms with van der Waals surface area (Å²) in [6, 6.07) is 2.63. The van der Waals surface area contributed by atoms with Crippen molar-refractivity contribution in [1.82, 2.24) is 10.6 Å². The molecule has 0 spiro atoms. The Morgan fingerprint density at radius 3 is 2.80 bits per heavy atom. The van der Waals surface area contributed by atoms with Crippen LogP contribution in [0, 0.1) is 5.92 Å². The average molecular weight is 387 g/mol. The number of aryl methyl sites for hydroxylation is 1. The molecular formula is C19H31ClN2O2S. The van der Waals surface area contributed by atoms with Gasteiger partial charge in [-0.3, -0.25) is 0 Å². The van der Waals surface area contributed by atoms with Crippen molar-refractivity contribution in [2.75, 3.05) is 6.54 Å². The van der Waals surface area contributed by atoms with Crippen LogP contribution in [0.15, 0.2) is 6.07 Å². The van der Waals surface area contributed by atoms with E-state index < -0.39 is 5.60 Å². The topological polar surface area (TPSA) is 50.4 Å². The summed E-state index contributed by atoms with van der Waals surface area (Å²) in [6.45, 7) is 10.6. The number of hydrogen-bond donors (Lipinski definition) is 2. The molecule has 0 saturated carbocycles. The van der Waals surface area contributed by atoms with E-state index in [0.29, 0.717) is 18.5 Å². The fourth-order valence-electron chi connectivity index (χ4n) is 3.28. The van der Waals surface area contributed by atoms with Crippen molar-refractivity contribution in [3.63, 3.8) is 0 Å². The second-order valence-electron chi connectivity index (χ2n) is 8.25. The Morgan fingerprint density at radius 2 is 2.16 bits per heavy atom. The first-order chi connectivity index (χ1) is 11.6. The Hall–Kier alpha value is -0.780. The molecule has 2 unspecified atom stereocenters. The van der Waals surface area contributed by atoms with Gasteiger partial charge in [0.1, 0.15) is 5.60 Å². The summed E-state index contributed by atoms with van der Waals surface area (Å²) < 4.78 is 6.22. The molecule has 2 rings (SSSR count). The molecule has 142 valence electrons. The van der Waals surface area contributed by atoms with E-state index in [1.807, 2.05) is 20.8 Å². The molecule has 4 nitrogen and oxygen atoms in total. The summed E-state index contributed by atoms with van der Waals surface area (Å²) in [5, 5.41) is 6.67. The second kappa shape index (κ2) is 8.74. The molecule has 1 amide bonds. The van der Waals surface area contributed by atoms with Crippen LogP contribution >= 0.6 is 22.9 Å². The van der Waals surface area contributed by atoms with Crippen LogP contribution in [-0.4, -0.2) is 24.3 Å². The van der Waals surface area contributed by atoms with Gasteiger partial charge in [0.15, 0.2) is 0 Å². The molecule has 1 aliphatic rings. The van der Waals surface area contributed by atoms with Crippen molar-refractivity contribution in [3.05, 3.63) is 20.8 Å². The molecule has 2 N–H and O–H groups in total. The maximum atomic E-state index is 12.0. The number of nitrogens with one attached hydrogen (secondary N) is 2. The molecule has 1 heterocycles. The number of ether oxygens (including phenoxy) is 1. The maximum Gasteiger partial charge on any atom is 0.407 e. The zero-order valence-corrected chi connectivity index (χ0v) is 17.5. The lowest BCUT2D eigenvalue weighted by Gasteiger charge is -2.30. The summed E-state index contributed by atoms with van der Waals surface area (Å²) in [4.78, 5) is 13.4. The number of halogens is 1. The Morgan fingerprint density at radius 1 is 1.44 bits per heavy atom. The van der Waals surface area contributed by atoms with Crippen molar-refractivity contribution >= 4 is 29.0 Å². The quantitative estimate of drug-likeness (QED) is 0.696.